The van der Waals surface area contributed by atoms with Gasteiger partial charge in [0.25, 0.3) is 5.91 Å². The average molecular weight is 416 g/mol. The van der Waals surface area contributed by atoms with Gasteiger partial charge in [-0.05, 0) is 24.3 Å². The quantitative estimate of drug-likeness (QED) is 0.630. The van der Waals surface area contributed by atoms with Crippen molar-refractivity contribution in [1.29, 1.82) is 0 Å². The smallest absolute Gasteiger partial charge is 0.284 e. The summed E-state index contributed by atoms with van der Waals surface area (Å²) in [6.45, 7) is 4.47. The molecule has 0 radical (unpaired) electrons. The molecule has 146 valence electrons. The Morgan fingerprint density at radius 3 is 2.29 bits per heavy atom. The molecule has 0 atom stereocenters. The molecule has 1 N–H and O–H groups in total. The van der Waals surface area contributed by atoms with Crippen molar-refractivity contribution in [3.63, 3.8) is 0 Å². The first kappa shape index (κ1) is 20.2. The summed E-state index contributed by atoms with van der Waals surface area (Å²) in [5.41, 5.74) is 2.10. The van der Waals surface area contributed by atoms with Crippen molar-refractivity contribution in [2.45, 2.75) is 18.7 Å². The van der Waals surface area contributed by atoms with Crippen molar-refractivity contribution >= 4 is 33.0 Å². The van der Waals surface area contributed by atoms with Crippen LogP contribution in [0.15, 0.2) is 64.9 Å². The molecule has 3 rings (SSSR count). The molecule has 0 bridgehead atoms. The lowest BCUT2D eigenvalue weighted by Gasteiger charge is -2.18. The van der Waals surface area contributed by atoms with Gasteiger partial charge in [0.2, 0.25) is 10.0 Å². The number of benzene rings is 2. The molecule has 28 heavy (non-hydrogen) atoms. The fourth-order valence-corrected chi connectivity index (χ4v) is 4.91. The number of nitrogens with one attached hydrogen (secondary N) is 1. The van der Waals surface area contributed by atoms with E-state index in [1.54, 1.807) is 29.6 Å². The first-order chi connectivity index (χ1) is 13.5. The van der Waals surface area contributed by atoms with Crippen LogP contribution in [0.2, 0.25) is 0 Å². The van der Waals surface area contributed by atoms with E-state index in [4.69, 9.17) is 0 Å². The van der Waals surface area contributed by atoms with E-state index in [0.29, 0.717) is 29.5 Å². The van der Waals surface area contributed by atoms with Gasteiger partial charge in [-0.3, -0.25) is 4.79 Å². The third kappa shape index (κ3) is 4.30. The number of nitrogens with zero attached hydrogens (tertiary/aromatic N) is 2. The lowest BCUT2D eigenvalue weighted by Crippen LogP contribution is -2.30. The van der Waals surface area contributed by atoms with E-state index < -0.39 is 10.0 Å². The van der Waals surface area contributed by atoms with Crippen LogP contribution >= 0.6 is 11.3 Å². The van der Waals surface area contributed by atoms with Gasteiger partial charge >= 0.3 is 0 Å². The molecule has 0 aliphatic rings. The predicted molar refractivity (Wildman–Crippen MR) is 112 cm³/mol. The number of anilines is 1. The molecule has 1 heterocycles. The molecule has 8 heteroatoms. The maximum absolute atomic E-state index is 12.6. The van der Waals surface area contributed by atoms with Crippen molar-refractivity contribution < 1.29 is 13.2 Å². The Morgan fingerprint density at radius 1 is 1.04 bits per heavy atom. The number of thiazole rings is 1. The summed E-state index contributed by atoms with van der Waals surface area (Å²) in [5.74, 6) is -0.275. The second kappa shape index (κ2) is 8.64. The van der Waals surface area contributed by atoms with Gasteiger partial charge in [0.1, 0.15) is 0 Å². The Hall–Kier alpha value is -2.55. The minimum atomic E-state index is -3.49. The molecule has 0 saturated carbocycles. The second-order valence-electron chi connectivity index (χ2n) is 5.97. The molecular weight excluding hydrogens is 394 g/mol. The molecule has 0 aliphatic carbocycles. The SMILES string of the molecule is CCN(CC)S(=O)(=O)c1ccc(-c2csc(C(=O)Nc3ccccc3)n2)cc1. The predicted octanol–water partition coefficient (Wildman–Crippen LogP) is 4.09. The fourth-order valence-electron chi connectivity index (χ4n) is 2.73. The van der Waals surface area contributed by atoms with Gasteiger partial charge in [-0.2, -0.15) is 4.31 Å². The van der Waals surface area contributed by atoms with E-state index in [0.717, 1.165) is 5.56 Å². The summed E-state index contributed by atoms with van der Waals surface area (Å²) in [4.78, 5) is 17.0. The third-order valence-electron chi connectivity index (χ3n) is 4.22. The van der Waals surface area contributed by atoms with Crippen LogP contribution in [0.5, 0.6) is 0 Å². The summed E-state index contributed by atoms with van der Waals surface area (Å²) in [7, 11) is -3.49. The number of rotatable bonds is 7. The van der Waals surface area contributed by atoms with Crippen LogP contribution in [-0.2, 0) is 10.0 Å². The van der Waals surface area contributed by atoms with Crippen molar-refractivity contribution in [2.75, 3.05) is 18.4 Å². The van der Waals surface area contributed by atoms with Crippen LogP contribution in [0.3, 0.4) is 0 Å². The number of carbonyl (C=O) groups is 1. The standard InChI is InChI=1S/C20H21N3O3S2/c1-3-23(4-2)28(25,26)17-12-10-15(11-13-17)18-14-27-20(22-18)19(24)21-16-8-6-5-7-9-16/h5-14H,3-4H2,1-2H3,(H,21,24). The Morgan fingerprint density at radius 2 is 1.68 bits per heavy atom. The van der Waals surface area contributed by atoms with E-state index in [2.05, 4.69) is 10.3 Å². The second-order valence-corrected chi connectivity index (χ2v) is 8.77. The van der Waals surface area contributed by atoms with E-state index >= 15 is 0 Å². The molecule has 6 nitrogen and oxygen atoms in total. The summed E-state index contributed by atoms with van der Waals surface area (Å²) >= 11 is 1.24. The average Bonchev–Trinajstić information content (AvgIpc) is 3.20. The minimum Gasteiger partial charge on any atom is -0.320 e. The van der Waals surface area contributed by atoms with Gasteiger partial charge in [0.15, 0.2) is 5.01 Å². The highest BCUT2D eigenvalue weighted by Gasteiger charge is 2.21. The van der Waals surface area contributed by atoms with Crippen molar-refractivity contribution in [3.8, 4) is 11.3 Å². The highest BCUT2D eigenvalue weighted by Crippen LogP contribution is 2.25. The zero-order valence-corrected chi connectivity index (χ0v) is 17.3. The van der Waals surface area contributed by atoms with Crippen molar-refractivity contribution in [2.24, 2.45) is 0 Å². The van der Waals surface area contributed by atoms with Gasteiger partial charge in [-0.15, -0.1) is 11.3 Å². The maximum Gasteiger partial charge on any atom is 0.284 e. The van der Waals surface area contributed by atoms with Crippen LogP contribution in [0, 0.1) is 0 Å². The molecule has 1 amide bonds. The highest BCUT2D eigenvalue weighted by atomic mass is 32.2. The highest BCUT2D eigenvalue weighted by molar-refractivity contribution is 7.89. The lowest BCUT2D eigenvalue weighted by atomic mass is 10.2. The number of sulfonamides is 1. The number of carbonyl (C=O) groups excluding carboxylic acids is 1. The first-order valence-electron chi connectivity index (χ1n) is 8.88. The van der Waals surface area contributed by atoms with Gasteiger partial charge in [0.05, 0.1) is 10.6 Å². The number of amides is 1. The van der Waals surface area contributed by atoms with Crippen LogP contribution in [0.1, 0.15) is 23.6 Å². The zero-order valence-electron chi connectivity index (χ0n) is 15.6. The van der Waals surface area contributed by atoms with E-state index in [9.17, 15) is 13.2 Å². The van der Waals surface area contributed by atoms with E-state index in [1.165, 1.54) is 15.6 Å². The lowest BCUT2D eigenvalue weighted by molar-refractivity contribution is 0.102. The van der Waals surface area contributed by atoms with Crippen LogP contribution in [-0.4, -0.2) is 36.7 Å². The molecule has 1 aromatic heterocycles. The fraction of sp³-hybridized carbons (Fsp3) is 0.200. The molecule has 0 spiro atoms. The Balaban J connectivity index is 1.77. The Kier molecular flexibility index (Phi) is 6.23. The van der Waals surface area contributed by atoms with Crippen LogP contribution < -0.4 is 5.32 Å². The number of hydrogen-bond acceptors (Lipinski definition) is 5. The molecule has 0 fully saturated rings. The van der Waals surface area contributed by atoms with E-state index in [1.807, 2.05) is 44.2 Å². The molecular formula is C20H21N3O3S2. The molecule has 0 saturated heterocycles. The summed E-state index contributed by atoms with van der Waals surface area (Å²) in [6.07, 6.45) is 0. The van der Waals surface area contributed by atoms with Crippen molar-refractivity contribution in [1.82, 2.24) is 9.29 Å². The van der Waals surface area contributed by atoms with Gasteiger partial charge in [0, 0.05) is 29.7 Å². The van der Waals surface area contributed by atoms with Crippen LogP contribution in [0.4, 0.5) is 5.69 Å². The molecule has 2 aromatic carbocycles. The van der Waals surface area contributed by atoms with Gasteiger partial charge in [-0.1, -0.05) is 44.2 Å². The van der Waals surface area contributed by atoms with E-state index in [-0.39, 0.29) is 10.8 Å². The number of para-hydroxylation sites is 1. The molecule has 0 unspecified atom stereocenters. The molecule has 0 aliphatic heterocycles. The normalized spacial score (nSPS) is 11.5. The largest absolute Gasteiger partial charge is 0.320 e. The van der Waals surface area contributed by atoms with Crippen molar-refractivity contribution in [3.05, 3.63) is 65.0 Å². The third-order valence-corrected chi connectivity index (χ3v) is 7.13. The maximum atomic E-state index is 12.6. The topological polar surface area (TPSA) is 79.4 Å². The zero-order chi connectivity index (χ0) is 20.1. The summed E-state index contributed by atoms with van der Waals surface area (Å²) < 4.78 is 26.6. The summed E-state index contributed by atoms with van der Waals surface area (Å²) in [6, 6.07) is 15.8. The minimum absolute atomic E-state index is 0.247. The first-order valence-corrected chi connectivity index (χ1v) is 11.2. The number of hydrogen-bond donors (Lipinski definition) is 1. The molecule has 3 aromatic rings. The Labute approximate surface area is 168 Å². The van der Waals surface area contributed by atoms with Gasteiger partial charge in [-0.25, -0.2) is 13.4 Å². The monoisotopic (exact) mass is 415 g/mol. The Bertz CT molecular complexity index is 1040. The summed E-state index contributed by atoms with van der Waals surface area (Å²) in [5, 5.41) is 4.93. The van der Waals surface area contributed by atoms with Gasteiger partial charge < -0.3 is 5.32 Å². The van der Waals surface area contributed by atoms with Crippen LogP contribution in [0.25, 0.3) is 11.3 Å². The number of aromatic nitrogens is 1.